The number of carbonyl (C=O) groups is 2. The highest BCUT2D eigenvalue weighted by molar-refractivity contribution is 6.30. The molecule has 0 aliphatic carbocycles. The zero-order chi connectivity index (χ0) is 18.6. The highest BCUT2D eigenvalue weighted by atomic mass is 35.5. The van der Waals surface area contributed by atoms with Gasteiger partial charge in [0.2, 0.25) is 0 Å². The van der Waals surface area contributed by atoms with Gasteiger partial charge in [0.25, 0.3) is 5.91 Å². The summed E-state index contributed by atoms with van der Waals surface area (Å²) < 4.78 is 0. The number of carboxylic acids is 1. The summed E-state index contributed by atoms with van der Waals surface area (Å²) in [5, 5.41) is 14.2. The molecule has 0 atom stereocenters. The van der Waals surface area contributed by atoms with Crippen LogP contribution in [0.4, 0.5) is 0 Å². The molecule has 1 amide bonds. The zero-order valence-corrected chi connectivity index (χ0v) is 15.1. The molecule has 2 aromatic rings. The Hall–Kier alpha value is -2.59. The van der Waals surface area contributed by atoms with Crippen LogP contribution in [-0.2, 0) is 10.2 Å². The maximum atomic E-state index is 12.3. The average Bonchev–Trinajstić information content (AvgIpc) is 2.55. The number of aliphatic carboxylic acids is 1. The second-order valence-corrected chi connectivity index (χ2v) is 7.11. The summed E-state index contributed by atoms with van der Waals surface area (Å²) in [5.74, 6) is -1.97. The van der Waals surface area contributed by atoms with Crippen molar-refractivity contribution in [3.8, 4) is 0 Å². The Morgan fingerprint density at radius 3 is 2.04 bits per heavy atom. The second kappa shape index (κ2) is 7.53. The van der Waals surface area contributed by atoms with E-state index in [0.29, 0.717) is 16.1 Å². The Kier molecular flexibility index (Phi) is 5.65. The molecule has 0 radical (unpaired) electrons. The van der Waals surface area contributed by atoms with Crippen LogP contribution >= 0.6 is 11.6 Å². The van der Waals surface area contributed by atoms with Gasteiger partial charge in [-0.1, -0.05) is 56.6 Å². The van der Waals surface area contributed by atoms with E-state index in [2.05, 4.69) is 26.1 Å². The summed E-state index contributed by atoms with van der Waals surface area (Å²) in [6.07, 6.45) is 1.33. The van der Waals surface area contributed by atoms with Gasteiger partial charge in [-0.05, 0) is 46.9 Å². The van der Waals surface area contributed by atoms with Gasteiger partial charge in [-0.25, -0.2) is 0 Å². The Bertz CT molecular complexity index is 800. The fourth-order valence-corrected chi connectivity index (χ4v) is 2.31. The number of hydrogen-bond acceptors (Lipinski definition) is 3. The first kappa shape index (κ1) is 18.7. The summed E-state index contributed by atoms with van der Waals surface area (Å²) in [6.45, 7) is 6.22. The zero-order valence-electron chi connectivity index (χ0n) is 14.3. The summed E-state index contributed by atoms with van der Waals surface area (Å²) in [4.78, 5) is 23.6. The first-order chi connectivity index (χ1) is 11.7. The fourth-order valence-electron chi connectivity index (χ4n) is 2.19. The summed E-state index contributed by atoms with van der Waals surface area (Å²) in [5.41, 5.74) is 1.70. The van der Waals surface area contributed by atoms with Crippen molar-refractivity contribution < 1.29 is 14.7 Å². The number of benzene rings is 2. The lowest BCUT2D eigenvalue weighted by atomic mass is 9.87. The summed E-state index contributed by atoms with van der Waals surface area (Å²) >= 11 is 5.80. The molecule has 0 bridgehead atoms. The van der Waals surface area contributed by atoms with Gasteiger partial charge in [-0.15, -0.1) is 0 Å². The van der Waals surface area contributed by atoms with E-state index in [-0.39, 0.29) is 11.1 Å². The monoisotopic (exact) mass is 356 g/mol. The molecule has 4 nitrogen and oxygen atoms in total. The van der Waals surface area contributed by atoms with E-state index < -0.39 is 11.9 Å². The number of rotatable bonds is 4. The number of carbonyl (C=O) groups excluding carboxylic acids is 2. The molecule has 0 unspecified atom stereocenters. The molecule has 2 aromatic carbocycles. The topological polar surface area (TPSA) is 69.2 Å². The van der Waals surface area contributed by atoms with Crippen LogP contribution in [0.25, 0.3) is 6.08 Å². The highest BCUT2D eigenvalue weighted by Gasteiger charge is 2.15. The maximum Gasteiger partial charge on any atom is 0.255 e. The molecule has 25 heavy (non-hydrogen) atoms. The lowest BCUT2D eigenvalue weighted by Gasteiger charge is -2.19. The molecule has 1 N–H and O–H groups in total. The van der Waals surface area contributed by atoms with Gasteiger partial charge in [-0.3, -0.25) is 4.79 Å². The highest BCUT2D eigenvalue weighted by Crippen LogP contribution is 2.22. The van der Waals surface area contributed by atoms with Crippen molar-refractivity contribution in [2.45, 2.75) is 26.2 Å². The smallest absolute Gasteiger partial charge is 0.255 e. The molecule has 0 aliphatic heterocycles. The van der Waals surface area contributed by atoms with Gasteiger partial charge >= 0.3 is 0 Å². The second-order valence-electron chi connectivity index (χ2n) is 6.68. The minimum Gasteiger partial charge on any atom is -0.543 e. The molecule has 0 aromatic heterocycles. The molecule has 0 fully saturated rings. The van der Waals surface area contributed by atoms with E-state index in [1.807, 2.05) is 12.1 Å². The normalized spacial score (nSPS) is 11.9. The Morgan fingerprint density at radius 2 is 1.56 bits per heavy atom. The third kappa shape index (κ3) is 5.19. The van der Waals surface area contributed by atoms with E-state index in [1.54, 1.807) is 36.4 Å². The van der Waals surface area contributed by atoms with Crippen LogP contribution in [0.1, 0.15) is 42.3 Å². The minimum absolute atomic E-state index is 0.0281. The van der Waals surface area contributed by atoms with Crippen LogP contribution in [0.3, 0.4) is 0 Å². The van der Waals surface area contributed by atoms with Crippen LogP contribution in [0, 0.1) is 0 Å². The fraction of sp³-hybridized carbons (Fsp3) is 0.200. The van der Waals surface area contributed by atoms with Crippen molar-refractivity contribution >= 4 is 29.6 Å². The molecule has 0 saturated heterocycles. The quantitative estimate of drug-likeness (QED) is 0.855. The maximum absolute atomic E-state index is 12.3. The Morgan fingerprint density at radius 1 is 1.00 bits per heavy atom. The molecule has 0 heterocycles. The molecule has 130 valence electrons. The predicted molar refractivity (Wildman–Crippen MR) is 97.0 cm³/mol. The lowest BCUT2D eigenvalue weighted by Crippen LogP contribution is -2.35. The van der Waals surface area contributed by atoms with Crippen molar-refractivity contribution in [3.63, 3.8) is 0 Å². The van der Waals surface area contributed by atoms with E-state index in [1.165, 1.54) is 6.08 Å². The molecule has 0 aliphatic rings. The van der Waals surface area contributed by atoms with Gasteiger partial charge in [-0.2, -0.15) is 0 Å². The molecule has 0 saturated carbocycles. The standard InChI is InChI=1S/C20H20ClNO3/c1-20(2,3)15-8-6-14(7-9-15)18(23)22-17(19(24)25)12-13-4-10-16(21)11-5-13/h4-12H,1-3H3,(H,22,23)(H,24,25)/p-1/b17-12-. The first-order valence-corrected chi connectivity index (χ1v) is 8.15. The van der Waals surface area contributed by atoms with Crippen LogP contribution in [0.15, 0.2) is 54.2 Å². The third-order valence-corrected chi connectivity index (χ3v) is 3.91. The van der Waals surface area contributed by atoms with E-state index in [4.69, 9.17) is 11.6 Å². The molecule has 5 heteroatoms. The number of carboxylic acid groups (broad SMARTS) is 1. The average molecular weight is 357 g/mol. The van der Waals surface area contributed by atoms with Crippen LogP contribution in [0.2, 0.25) is 5.02 Å². The molecule has 2 rings (SSSR count). The van der Waals surface area contributed by atoms with Crippen LogP contribution in [-0.4, -0.2) is 11.9 Å². The van der Waals surface area contributed by atoms with Gasteiger partial charge in [0.15, 0.2) is 0 Å². The Labute approximate surface area is 152 Å². The minimum atomic E-state index is -1.46. The van der Waals surface area contributed by atoms with Crippen molar-refractivity contribution in [2.24, 2.45) is 0 Å². The lowest BCUT2D eigenvalue weighted by molar-refractivity contribution is -0.299. The molecule has 0 spiro atoms. The number of halogens is 1. The molecular formula is C20H19ClNO3-. The van der Waals surface area contributed by atoms with Gasteiger partial charge < -0.3 is 15.2 Å². The third-order valence-electron chi connectivity index (χ3n) is 3.66. The summed E-state index contributed by atoms with van der Waals surface area (Å²) in [6, 6.07) is 13.6. The largest absolute Gasteiger partial charge is 0.543 e. The molecular weight excluding hydrogens is 338 g/mol. The van der Waals surface area contributed by atoms with Crippen molar-refractivity contribution in [1.82, 2.24) is 5.32 Å². The van der Waals surface area contributed by atoms with Crippen molar-refractivity contribution in [2.75, 3.05) is 0 Å². The number of amides is 1. The van der Waals surface area contributed by atoms with Crippen molar-refractivity contribution in [3.05, 3.63) is 75.9 Å². The van der Waals surface area contributed by atoms with Gasteiger partial charge in [0, 0.05) is 10.6 Å². The summed E-state index contributed by atoms with van der Waals surface area (Å²) in [7, 11) is 0. The number of hydrogen-bond donors (Lipinski definition) is 1. The SMILES string of the molecule is CC(C)(C)c1ccc(C(=O)N/C(=C\c2ccc(Cl)cc2)C(=O)[O-])cc1. The van der Waals surface area contributed by atoms with Gasteiger partial charge in [0.05, 0.1) is 11.7 Å². The Balaban J connectivity index is 2.20. The van der Waals surface area contributed by atoms with E-state index in [0.717, 1.165) is 5.56 Å². The number of nitrogens with one attached hydrogen (secondary N) is 1. The predicted octanol–water partition coefficient (Wildman–Crippen LogP) is 3.16. The van der Waals surface area contributed by atoms with Gasteiger partial charge in [0.1, 0.15) is 0 Å². The van der Waals surface area contributed by atoms with E-state index >= 15 is 0 Å². The first-order valence-electron chi connectivity index (χ1n) is 7.77. The van der Waals surface area contributed by atoms with Crippen molar-refractivity contribution in [1.29, 1.82) is 0 Å². The van der Waals surface area contributed by atoms with Crippen LogP contribution < -0.4 is 10.4 Å². The van der Waals surface area contributed by atoms with Crippen LogP contribution in [0.5, 0.6) is 0 Å². The van der Waals surface area contributed by atoms with E-state index in [9.17, 15) is 14.7 Å².